The number of nitrogens with zero attached hydrogens (tertiary/aromatic N) is 3. The molecule has 0 spiro atoms. The van der Waals surface area contributed by atoms with Gasteiger partial charge in [0.05, 0.1) is 23.8 Å². The van der Waals surface area contributed by atoms with Gasteiger partial charge in [0, 0.05) is 25.3 Å². The summed E-state index contributed by atoms with van der Waals surface area (Å²) in [7, 11) is 6.23. The molecule has 166 valence electrons. The highest BCUT2D eigenvalue weighted by molar-refractivity contribution is 5.78. The van der Waals surface area contributed by atoms with E-state index < -0.39 is 0 Å². The topological polar surface area (TPSA) is 91.6 Å². The van der Waals surface area contributed by atoms with Crippen LogP contribution in [-0.2, 0) is 21.5 Å². The Labute approximate surface area is 184 Å². The van der Waals surface area contributed by atoms with Crippen LogP contribution in [0.5, 0.6) is 0 Å². The smallest absolute Gasteiger partial charge is 0.221 e. The minimum absolute atomic E-state index is 0.0562. The Morgan fingerprint density at radius 3 is 2.39 bits per heavy atom. The van der Waals surface area contributed by atoms with E-state index >= 15 is 0 Å². The zero-order chi connectivity index (χ0) is 22.5. The number of likely N-dealkylation sites (N-methyl/N-ethyl adjacent to an activating group) is 1. The van der Waals surface area contributed by atoms with Gasteiger partial charge in [0.1, 0.15) is 0 Å². The highest BCUT2D eigenvalue weighted by atomic mass is 16.1. The monoisotopic (exact) mass is 423 g/mol. The van der Waals surface area contributed by atoms with Crippen molar-refractivity contribution in [1.29, 1.82) is 0 Å². The van der Waals surface area contributed by atoms with Crippen molar-refractivity contribution in [2.75, 3.05) is 32.6 Å². The normalized spacial score (nSPS) is 23.4. The molecule has 2 aromatic rings. The van der Waals surface area contributed by atoms with E-state index in [0.29, 0.717) is 6.54 Å². The fourth-order valence-corrected chi connectivity index (χ4v) is 4.99. The first-order chi connectivity index (χ1) is 14.8. The van der Waals surface area contributed by atoms with Gasteiger partial charge in [-0.2, -0.15) is 0 Å². The molecule has 0 atom stereocenters. The number of nitrogens with two attached hydrogens (primary N) is 1. The molecule has 0 saturated heterocycles. The van der Waals surface area contributed by atoms with Gasteiger partial charge in [-0.3, -0.25) is 19.5 Å². The fourth-order valence-electron chi connectivity index (χ4n) is 4.99. The predicted octanol–water partition coefficient (Wildman–Crippen LogP) is 2.06. The number of carbonyl (C=O) groups is 2. The van der Waals surface area contributed by atoms with Gasteiger partial charge < -0.3 is 16.0 Å². The van der Waals surface area contributed by atoms with Crippen molar-refractivity contribution in [3.63, 3.8) is 0 Å². The number of anilines is 1. The number of rotatable bonds is 9. The molecule has 3 N–H and O–H groups in total. The average Bonchev–Trinajstić information content (AvgIpc) is 2.75. The Hall–Kier alpha value is -2.93. The fraction of sp³-hybridized carbons (Fsp3) is 0.458. The molecule has 0 bridgehead atoms. The van der Waals surface area contributed by atoms with E-state index in [1.54, 1.807) is 12.4 Å². The molecular formula is C24H33N5O2. The van der Waals surface area contributed by atoms with Crippen molar-refractivity contribution in [3.05, 3.63) is 59.9 Å². The van der Waals surface area contributed by atoms with E-state index in [4.69, 9.17) is 5.73 Å². The maximum atomic E-state index is 11.6. The number of primary amides is 1. The molecule has 1 aliphatic carbocycles. The van der Waals surface area contributed by atoms with Crippen molar-refractivity contribution in [3.8, 4) is 0 Å². The summed E-state index contributed by atoms with van der Waals surface area (Å²) < 4.78 is 0. The molecule has 1 aromatic heterocycles. The summed E-state index contributed by atoms with van der Waals surface area (Å²) in [6.07, 6.45) is 7.94. The third kappa shape index (κ3) is 4.88. The van der Waals surface area contributed by atoms with Crippen molar-refractivity contribution in [2.45, 2.75) is 43.2 Å². The second kappa shape index (κ2) is 9.47. The van der Waals surface area contributed by atoms with Crippen LogP contribution in [0, 0.1) is 0 Å². The molecule has 7 heteroatoms. The van der Waals surface area contributed by atoms with Crippen LogP contribution in [0.25, 0.3) is 0 Å². The lowest BCUT2D eigenvalue weighted by Crippen LogP contribution is -2.58. The van der Waals surface area contributed by atoms with Gasteiger partial charge in [0.2, 0.25) is 12.3 Å². The molecular weight excluding hydrogens is 390 g/mol. The Balaban J connectivity index is 1.83. The Morgan fingerprint density at radius 1 is 1.13 bits per heavy atom. The molecule has 0 aliphatic heterocycles. The van der Waals surface area contributed by atoms with Crippen LogP contribution in [-0.4, -0.2) is 55.4 Å². The number of amides is 2. The summed E-state index contributed by atoms with van der Waals surface area (Å²) in [6.45, 7) is 0.626. The largest absolute Gasteiger partial charge is 0.371 e. The van der Waals surface area contributed by atoms with Gasteiger partial charge in [0.25, 0.3) is 0 Å². The number of hydrogen-bond donors (Lipinski definition) is 2. The van der Waals surface area contributed by atoms with E-state index in [-0.39, 0.29) is 23.4 Å². The van der Waals surface area contributed by atoms with E-state index in [9.17, 15) is 9.59 Å². The SMILES string of the molecule is CN(CC1(NC=O)CCC(c2ccccc2)(N(C)C)CC1)c1cnccc1CC(N)=O. The summed E-state index contributed by atoms with van der Waals surface area (Å²) in [6, 6.07) is 12.4. The maximum absolute atomic E-state index is 11.6. The summed E-state index contributed by atoms with van der Waals surface area (Å²) in [5.74, 6) is -0.377. The minimum atomic E-state index is -0.377. The summed E-state index contributed by atoms with van der Waals surface area (Å²) >= 11 is 0. The second-order valence-electron chi connectivity index (χ2n) is 8.84. The van der Waals surface area contributed by atoms with Crippen LogP contribution < -0.4 is 16.0 Å². The van der Waals surface area contributed by atoms with Crippen LogP contribution in [0.2, 0.25) is 0 Å². The van der Waals surface area contributed by atoms with Gasteiger partial charge in [-0.15, -0.1) is 0 Å². The lowest BCUT2D eigenvalue weighted by Gasteiger charge is -2.51. The number of hydrogen-bond acceptors (Lipinski definition) is 5. The molecule has 2 amide bonds. The Morgan fingerprint density at radius 2 is 1.81 bits per heavy atom. The summed E-state index contributed by atoms with van der Waals surface area (Å²) in [5.41, 5.74) is 8.02. The van der Waals surface area contributed by atoms with E-state index in [2.05, 4.69) is 58.5 Å². The molecule has 3 rings (SSSR count). The molecule has 1 fully saturated rings. The molecule has 0 radical (unpaired) electrons. The van der Waals surface area contributed by atoms with Gasteiger partial charge in [-0.25, -0.2) is 0 Å². The van der Waals surface area contributed by atoms with Crippen molar-refractivity contribution >= 4 is 18.0 Å². The quantitative estimate of drug-likeness (QED) is 0.603. The van der Waals surface area contributed by atoms with E-state index in [1.807, 2.05) is 19.2 Å². The van der Waals surface area contributed by atoms with Crippen molar-refractivity contribution < 1.29 is 9.59 Å². The zero-order valence-corrected chi connectivity index (χ0v) is 18.7. The van der Waals surface area contributed by atoms with Crippen LogP contribution in [0.1, 0.15) is 36.8 Å². The van der Waals surface area contributed by atoms with Crippen molar-refractivity contribution in [2.24, 2.45) is 5.73 Å². The molecule has 31 heavy (non-hydrogen) atoms. The highest BCUT2D eigenvalue weighted by Gasteiger charge is 2.45. The first kappa shape index (κ1) is 22.7. The molecule has 1 heterocycles. The summed E-state index contributed by atoms with van der Waals surface area (Å²) in [5, 5.41) is 3.13. The van der Waals surface area contributed by atoms with Gasteiger partial charge in [0.15, 0.2) is 0 Å². The molecule has 0 unspecified atom stereocenters. The maximum Gasteiger partial charge on any atom is 0.221 e. The summed E-state index contributed by atoms with van der Waals surface area (Å²) in [4.78, 5) is 31.7. The first-order valence-electron chi connectivity index (χ1n) is 10.7. The van der Waals surface area contributed by atoms with Crippen molar-refractivity contribution in [1.82, 2.24) is 15.2 Å². The molecule has 1 saturated carbocycles. The van der Waals surface area contributed by atoms with Crippen LogP contribution in [0.4, 0.5) is 5.69 Å². The van der Waals surface area contributed by atoms with Gasteiger partial charge >= 0.3 is 0 Å². The third-order valence-electron chi connectivity index (χ3n) is 6.77. The highest BCUT2D eigenvalue weighted by Crippen LogP contribution is 2.45. The number of carbonyl (C=O) groups excluding carboxylic acids is 2. The van der Waals surface area contributed by atoms with Crippen LogP contribution in [0.15, 0.2) is 48.8 Å². The third-order valence-corrected chi connectivity index (χ3v) is 6.77. The minimum Gasteiger partial charge on any atom is -0.371 e. The van der Waals surface area contributed by atoms with Gasteiger partial charge in [-0.1, -0.05) is 30.3 Å². The van der Waals surface area contributed by atoms with Crippen LogP contribution >= 0.6 is 0 Å². The Bertz CT molecular complexity index is 892. The lowest BCUT2D eigenvalue weighted by molar-refractivity contribution is -0.117. The molecule has 1 aromatic carbocycles. The van der Waals surface area contributed by atoms with E-state index in [0.717, 1.165) is 43.3 Å². The zero-order valence-electron chi connectivity index (χ0n) is 18.7. The Kier molecular flexibility index (Phi) is 6.95. The van der Waals surface area contributed by atoms with Crippen LogP contribution in [0.3, 0.4) is 0 Å². The lowest BCUT2D eigenvalue weighted by atomic mass is 9.68. The first-order valence-corrected chi connectivity index (χ1v) is 10.7. The standard InChI is InChI=1S/C24H33N5O2/c1-28(2)24(20-7-5-4-6-8-20)12-10-23(11-13-24,27-18-30)17-29(3)21-16-26-14-9-19(21)15-22(25)31/h4-9,14,16,18H,10-13,15,17H2,1-3H3,(H2,25,31)(H,27,30). The molecule has 1 aliphatic rings. The number of aromatic nitrogens is 1. The van der Waals surface area contributed by atoms with Gasteiger partial charge in [-0.05, 0) is 57.0 Å². The number of nitrogens with one attached hydrogen (secondary N) is 1. The second-order valence-corrected chi connectivity index (χ2v) is 8.84. The predicted molar refractivity (Wildman–Crippen MR) is 123 cm³/mol. The molecule has 7 nitrogen and oxygen atoms in total. The number of benzene rings is 1. The van der Waals surface area contributed by atoms with E-state index in [1.165, 1.54) is 5.56 Å². The average molecular weight is 424 g/mol. The number of pyridine rings is 1.